The summed E-state index contributed by atoms with van der Waals surface area (Å²) in [4.78, 5) is 1.14. The zero-order valence-electron chi connectivity index (χ0n) is 8.82. The summed E-state index contributed by atoms with van der Waals surface area (Å²) in [6.45, 7) is 3.60. The predicted molar refractivity (Wildman–Crippen MR) is 63.5 cm³/mol. The summed E-state index contributed by atoms with van der Waals surface area (Å²) in [6, 6.07) is 7.41. The van der Waals surface area contributed by atoms with Gasteiger partial charge in [-0.2, -0.15) is 0 Å². The van der Waals surface area contributed by atoms with Gasteiger partial charge in [0.25, 0.3) is 0 Å². The third-order valence-corrected chi connectivity index (χ3v) is 3.26. The maximum Gasteiger partial charge on any atom is 0.117 e. The molecular formula is C12H14O2S. The van der Waals surface area contributed by atoms with Gasteiger partial charge < -0.3 is 10.2 Å². The molecule has 1 heterocycles. The number of rotatable bonds is 2. The first-order chi connectivity index (χ1) is 6.94. The average molecular weight is 222 g/mol. The van der Waals surface area contributed by atoms with E-state index in [0.717, 1.165) is 15.0 Å². The van der Waals surface area contributed by atoms with Crippen LogP contribution in [0.2, 0.25) is 0 Å². The highest BCUT2D eigenvalue weighted by Crippen LogP contribution is 2.30. The van der Waals surface area contributed by atoms with E-state index < -0.39 is 5.60 Å². The monoisotopic (exact) mass is 222 g/mol. The molecule has 0 aliphatic rings. The summed E-state index contributed by atoms with van der Waals surface area (Å²) in [6.07, 6.45) is 0.646. The Kier molecular flexibility index (Phi) is 2.44. The van der Waals surface area contributed by atoms with E-state index in [1.807, 2.05) is 6.07 Å². The molecule has 2 N–H and O–H groups in total. The molecule has 1 aromatic heterocycles. The van der Waals surface area contributed by atoms with Crippen molar-refractivity contribution < 1.29 is 10.2 Å². The number of fused-ring (bicyclic) bond motifs is 1. The fourth-order valence-corrected chi connectivity index (χ4v) is 2.91. The minimum atomic E-state index is -0.678. The van der Waals surface area contributed by atoms with Crippen molar-refractivity contribution in [2.24, 2.45) is 0 Å². The molecule has 0 fully saturated rings. The first-order valence-electron chi connectivity index (χ1n) is 4.88. The molecule has 0 unspecified atom stereocenters. The molecular weight excluding hydrogens is 208 g/mol. The summed E-state index contributed by atoms with van der Waals surface area (Å²) in [5.41, 5.74) is -0.678. The molecule has 0 amide bonds. The van der Waals surface area contributed by atoms with Gasteiger partial charge in [-0.05, 0) is 43.5 Å². The molecule has 0 saturated carbocycles. The van der Waals surface area contributed by atoms with Crippen LogP contribution < -0.4 is 0 Å². The van der Waals surface area contributed by atoms with Crippen LogP contribution in [0.3, 0.4) is 0 Å². The van der Waals surface area contributed by atoms with Gasteiger partial charge in [0, 0.05) is 16.0 Å². The Bertz CT molecular complexity index is 480. The number of hydrogen-bond acceptors (Lipinski definition) is 3. The minimum absolute atomic E-state index is 0.291. The Morgan fingerprint density at radius 1 is 1.27 bits per heavy atom. The van der Waals surface area contributed by atoms with Crippen molar-refractivity contribution in [3.8, 4) is 5.75 Å². The highest BCUT2D eigenvalue weighted by atomic mass is 32.1. The normalized spacial score (nSPS) is 12.2. The number of aromatic hydroxyl groups is 1. The Labute approximate surface area is 92.8 Å². The second-order valence-electron chi connectivity index (χ2n) is 4.42. The minimum Gasteiger partial charge on any atom is -0.508 e. The molecule has 0 atom stereocenters. The SMILES string of the molecule is CC(C)(O)Cc1cc2ccc(O)cc2s1. The number of hydrogen-bond donors (Lipinski definition) is 2. The van der Waals surface area contributed by atoms with Crippen LogP contribution in [0.25, 0.3) is 10.1 Å². The zero-order chi connectivity index (χ0) is 11.1. The van der Waals surface area contributed by atoms with Gasteiger partial charge >= 0.3 is 0 Å². The molecule has 0 bridgehead atoms. The third-order valence-electron chi connectivity index (χ3n) is 2.16. The number of aliphatic hydroxyl groups is 1. The molecule has 0 saturated heterocycles. The Morgan fingerprint density at radius 3 is 2.67 bits per heavy atom. The molecule has 2 nitrogen and oxygen atoms in total. The second kappa shape index (κ2) is 3.51. The van der Waals surface area contributed by atoms with E-state index in [1.54, 1.807) is 37.3 Å². The molecule has 2 rings (SSSR count). The predicted octanol–water partition coefficient (Wildman–Crippen LogP) is 2.92. The van der Waals surface area contributed by atoms with Gasteiger partial charge in [-0.15, -0.1) is 11.3 Å². The quantitative estimate of drug-likeness (QED) is 0.820. The van der Waals surface area contributed by atoms with Gasteiger partial charge in [-0.1, -0.05) is 0 Å². The molecule has 80 valence electrons. The molecule has 0 aliphatic heterocycles. The van der Waals surface area contributed by atoms with Gasteiger partial charge in [0.05, 0.1) is 5.60 Å². The van der Waals surface area contributed by atoms with Crippen LogP contribution in [0.4, 0.5) is 0 Å². The number of benzene rings is 1. The van der Waals surface area contributed by atoms with E-state index in [9.17, 15) is 10.2 Å². The van der Waals surface area contributed by atoms with Gasteiger partial charge in [-0.25, -0.2) is 0 Å². The van der Waals surface area contributed by atoms with Crippen molar-refractivity contribution >= 4 is 21.4 Å². The fraction of sp³-hybridized carbons (Fsp3) is 0.333. The highest BCUT2D eigenvalue weighted by molar-refractivity contribution is 7.19. The topological polar surface area (TPSA) is 40.5 Å². The Hall–Kier alpha value is -1.06. The van der Waals surface area contributed by atoms with Crippen LogP contribution in [-0.2, 0) is 6.42 Å². The summed E-state index contributed by atoms with van der Waals surface area (Å²) in [7, 11) is 0. The maximum atomic E-state index is 9.71. The molecule has 15 heavy (non-hydrogen) atoms. The molecule has 0 radical (unpaired) electrons. The van der Waals surface area contributed by atoms with Gasteiger partial charge in [-0.3, -0.25) is 0 Å². The molecule has 3 heteroatoms. The van der Waals surface area contributed by atoms with Crippen LogP contribution in [0.15, 0.2) is 24.3 Å². The van der Waals surface area contributed by atoms with Crippen LogP contribution in [0.1, 0.15) is 18.7 Å². The van der Waals surface area contributed by atoms with Crippen LogP contribution in [0, 0.1) is 0 Å². The first-order valence-corrected chi connectivity index (χ1v) is 5.69. The van der Waals surface area contributed by atoms with Crippen molar-refractivity contribution in [1.29, 1.82) is 0 Å². The number of phenols is 1. The third kappa shape index (κ3) is 2.49. The van der Waals surface area contributed by atoms with E-state index in [-0.39, 0.29) is 0 Å². The van der Waals surface area contributed by atoms with E-state index in [2.05, 4.69) is 6.07 Å². The van der Waals surface area contributed by atoms with Crippen molar-refractivity contribution in [3.05, 3.63) is 29.1 Å². The van der Waals surface area contributed by atoms with Crippen LogP contribution in [0.5, 0.6) is 5.75 Å². The lowest BCUT2D eigenvalue weighted by atomic mass is 10.0. The van der Waals surface area contributed by atoms with Gasteiger partial charge in [0.2, 0.25) is 0 Å². The molecule has 1 aromatic carbocycles. The number of phenolic OH excluding ortho intramolecular Hbond substituents is 1. The first kappa shape index (κ1) is 10.5. The zero-order valence-corrected chi connectivity index (χ0v) is 9.64. The van der Waals surface area contributed by atoms with Crippen molar-refractivity contribution in [2.75, 3.05) is 0 Å². The summed E-state index contributed by atoms with van der Waals surface area (Å²) < 4.78 is 1.06. The largest absolute Gasteiger partial charge is 0.508 e. The average Bonchev–Trinajstić information content (AvgIpc) is 2.42. The lowest BCUT2D eigenvalue weighted by Crippen LogP contribution is -2.20. The van der Waals surface area contributed by atoms with E-state index in [4.69, 9.17) is 0 Å². The van der Waals surface area contributed by atoms with Crippen molar-refractivity contribution in [2.45, 2.75) is 25.9 Å². The lowest BCUT2D eigenvalue weighted by molar-refractivity contribution is 0.0819. The molecule has 0 aliphatic carbocycles. The summed E-state index contributed by atoms with van der Waals surface area (Å²) >= 11 is 1.62. The standard InChI is InChI=1S/C12H14O2S/c1-12(2,14)7-10-5-8-3-4-9(13)6-11(8)15-10/h3-6,13-14H,7H2,1-2H3. The van der Waals surface area contributed by atoms with Crippen molar-refractivity contribution in [3.63, 3.8) is 0 Å². The maximum absolute atomic E-state index is 9.71. The van der Waals surface area contributed by atoms with Gasteiger partial charge in [0.1, 0.15) is 5.75 Å². The van der Waals surface area contributed by atoms with Crippen LogP contribution in [-0.4, -0.2) is 15.8 Å². The summed E-state index contributed by atoms with van der Waals surface area (Å²) in [5.74, 6) is 0.291. The molecule has 2 aromatic rings. The Balaban J connectivity index is 2.39. The van der Waals surface area contributed by atoms with E-state index in [0.29, 0.717) is 12.2 Å². The smallest absolute Gasteiger partial charge is 0.117 e. The fourth-order valence-electron chi connectivity index (χ4n) is 1.59. The summed E-state index contributed by atoms with van der Waals surface area (Å²) in [5, 5.41) is 20.2. The molecule has 0 spiro atoms. The van der Waals surface area contributed by atoms with E-state index >= 15 is 0 Å². The van der Waals surface area contributed by atoms with Crippen LogP contribution >= 0.6 is 11.3 Å². The van der Waals surface area contributed by atoms with E-state index in [1.165, 1.54) is 0 Å². The highest BCUT2D eigenvalue weighted by Gasteiger charge is 2.15. The number of thiophene rings is 1. The van der Waals surface area contributed by atoms with Crippen molar-refractivity contribution in [1.82, 2.24) is 0 Å². The second-order valence-corrected chi connectivity index (χ2v) is 5.59. The van der Waals surface area contributed by atoms with Gasteiger partial charge in [0.15, 0.2) is 0 Å². The lowest BCUT2D eigenvalue weighted by Gasteiger charge is -2.14. The Morgan fingerprint density at radius 2 is 2.00 bits per heavy atom.